The lowest BCUT2D eigenvalue weighted by atomic mass is 10.1. The Labute approximate surface area is 127 Å². The van der Waals surface area contributed by atoms with E-state index in [4.69, 9.17) is 4.74 Å². The van der Waals surface area contributed by atoms with E-state index in [1.807, 2.05) is 24.3 Å². The van der Waals surface area contributed by atoms with Crippen LogP contribution in [0.2, 0.25) is 0 Å². The highest BCUT2D eigenvalue weighted by atomic mass is 16.5. The van der Waals surface area contributed by atoms with E-state index in [0.29, 0.717) is 12.5 Å². The topological polar surface area (TPSA) is 50.4 Å². The largest absolute Gasteiger partial charge is 0.375 e. The molecule has 2 unspecified atom stereocenters. The van der Waals surface area contributed by atoms with Gasteiger partial charge in [-0.1, -0.05) is 25.1 Å². The van der Waals surface area contributed by atoms with Crippen molar-refractivity contribution in [2.24, 2.45) is 0 Å². The highest BCUT2D eigenvalue weighted by molar-refractivity contribution is 5.91. The number of benzene rings is 1. The third-order valence-corrected chi connectivity index (χ3v) is 3.87. The zero-order valence-corrected chi connectivity index (χ0v) is 13.0. The summed E-state index contributed by atoms with van der Waals surface area (Å²) in [6, 6.07) is 7.95. The minimum absolute atomic E-state index is 0.0714. The van der Waals surface area contributed by atoms with Crippen molar-refractivity contribution in [2.45, 2.75) is 58.3 Å². The second kappa shape index (κ2) is 8.15. The van der Waals surface area contributed by atoms with Gasteiger partial charge in [-0.15, -0.1) is 0 Å². The Balaban J connectivity index is 1.81. The minimum atomic E-state index is 0.0714. The van der Waals surface area contributed by atoms with E-state index in [2.05, 4.69) is 24.5 Å². The van der Waals surface area contributed by atoms with Crippen molar-refractivity contribution in [3.8, 4) is 0 Å². The summed E-state index contributed by atoms with van der Waals surface area (Å²) in [5.74, 6) is 0.0714. The lowest BCUT2D eigenvalue weighted by Gasteiger charge is -2.13. The molecule has 1 saturated heterocycles. The van der Waals surface area contributed by atoms with Crippen LogP contribution >= 0.6 is 0 Å². The number of para-hydroxylation sites is 1. The number of nitrogens with one attached hydrogen (secondary N) is 2. The van der Waals surface area contributed by atoms with Gasteiger partial charge in [0.15, 0.2) is 0 Å². The fourth-order valence-corrected chi connectivity index (χ4v) is 2.66. The van der Waals surface area contributed by atoms with E-state index < -0.39 is 0 Å². The summed E-state index contributed by atoms with van der Waals surface area (Å²) in [5, 5.41) is 6.31. The number of ether oxygens (including phenoxy) is 1. The predicted molar refractivity (Wildman–Crippen MR) is 85.3 cm³/mol. The van der Waals surface area contributed by atoms with Crippen LogP contribution in [0.25, 0.3) is 0 Å². The van der Waals surface area contributed by atoms with Crippen molar-refractivity contribution >= 4 is 11.6 Å². The van der Waals surface area contributed by atoms with Crippen molar-refractivity contribution in [1.29, 1.82) is 0 Å². The monoisotopic (exact) mass is 290 g/mol. The maximum absolute atomic E-state index is 12.1. The zero-order chi connectivity index (χ0) is 15.1. The molecule has 1 amide bonds. The van der Waals surface area contributed by atoms with E-state index in [9.17, 15) is 4.79 Å². The average molecular weight is 290 g/mol. The summed E-state index contributed by atoms with van der Waals surface area (Å²) in [4.78, 5) is 12.1. The van der Waals surface area contributed by atoms with Gasteiger partial charge in [0.05, 0.1) is 12.2 Å². The molecule has 2 atom stereocenters. The Morgan fingerprint density at radius 1 is 1.33 bits per heavy atom. The summed E-state index contributed by atoms with van der Waals surface area (Å²) in [6.45, 7) is 5.86. The quantitative estimate of drug-likeness (QED) is 0.811. The number of hydrogen-bond acceptors (Lipinski definition) is 3. The number of rotatable bonds is 7. The van der Waals surface area contributed by atoms with E-state index in [0.717, 1.165) is 43.6 Å². The molecule has 0 saturated carbocycles. The molecule has 0 bridgehead atoms. The van der Waals surface area contributed by atoms with Gasteiger partial charge in [-0.25, -0.2) is 0 Å². The van der Waals surface area contributed by atoms with Crippen LogP contribution in [0.4, 0.5) is 5.69 Å². The number of amides is 1. The normalized spacial score (nSPS) is 21.4. The molecule has 2 N–H and O–H groups in total. The van der Waals surface area contributed by atoms with E-state index in [-0.39, 0.29) is 12.0 Å². The summed E-state index contributed by atoms with van der Waals surface area (Å²) >= 11 is 0. The molecule has 0 aromatic heterocycles. The second-order valence-corrected chi connectivity index (χ2v) is 5.67. The van der Waals surface area contributed by atoms with E-state index in [1.165, 1.54) is 0 Å². The first kappa shape index (κ1) is 16.0. The first-order chi connectivity index (χ1) is 10.2. The van der Waals surface area contributed by atoms with Crippen molar-refractivity contribution < 1.29 is 9.53 Å². The molecule has 0 radical (unpaired) electrons. The molecule has 2 rings (SSSR count). The van der Waals surface area contributed by atoms with Crippen LogP contribution in [-0.4, -0.2) is 24.7 Å². The maximum atomic E-state index is 12.1. The van der Waals surface area contributed by atoms with Gasteiger partial charge in [0, 0.05) is 18.7 Å². The Bertz CT molecular complexity index is 462. The summed E-state index contributed by atoms with van der Waals surface area (Å²) in [7, 11) is 0. The van der Waals surface area contributed by atoms with Crippen LogP contribution in [0.3, 0.4) is 0 Å². The Hall–Kier alpha value is -1.39. The van der Waals surface area contributed by atoms with Crippen LogP contribution in [0.15, 0.2) is 24.3 Å². The summed E-state index contributed by atoms with van der Waals surface area (Å²) in [5.41, 5.74) is 2.03. The predicted octanol–water partition coefficient (Wildman–Crippen LogP) is 3.08. The highest BCUT2D eigenvalue weighted by Crippen LogP contribution is 2.23. The van der Waals surface area contributed by atoms with Crippen molar-refractivity contribution in [3.63, 3.8) is 0 Å². The zero-order valence-electron chi connectivity index (χ0n) is 13.0. The molecule has 1 aliphatic rings. The van der Waals surface area contributed by atoms with Crippen LogP contribution in [0.1, 0.15) is 45.1 Å². The van der Waals surface area contributed by atoms with Crippen LogP contribution < -0.4 is 10.6 Å². The lowest BCUT2D eigenvalue weighted by Crippen LogP contribution is -2.18. The Kier molecular flexibility index (Phi) is 6.21. The van der Waals surface area contributed by atoms with E-state index >= 15 is 0 Å². The minimum Gasteiger partial charge on any atom is -0.375 e. The number of carbonyl (C=O) groups excluding carboxylic acids is 1. The van der Waals surface area contributed by atoms with Gasteiger partial charge < -0.3 is 15.4 Å². The van der Waals surface area contributed by atoms with Gasteiger partial charge >= 0.3 is 0 Å². The Morgan fingerprint density at radius 2 is 2.14 bits per heavy atom. The lowest BCUT2D eigenvalue weighted by molar-refractivity contribution is -0.116. The van der Waals surface area contributed by atoms with Crippen LogP contribution in [0, 0.1) is 0 Å². The number of anilines is 1. The number of hydrogen-bond donors (Lipinski definition) is 2. The van der Waals surface area contributed by atoms with E-state index in [1.54, 1.807) is 0 Å². The molecule has 0 spiro atoms. The van der Waals surface area contributed by atoms with Gasteiger partial charge in [-0.2, -0.15) is 0 Å². The van der Waals surface area contributed by atoms with Crippen LogP contribution in [-0.2, 0) is 16.1 Å². The maximum Gasteiger partial charge on any atom is 0.224 e. The van der Waals surface area contributed by atoms with Crippen molar-refractivity contribution in [3.05, 3.63) is 29.8 Å². The first-order valence-electron chi connectivity index (χ1n) is 7.93. The molecule has 1 aliphatic heterocycles. The van der Waals surface area contributed by atoms with Gasteiger partial charge in [0.2, 0.25) is 5.91 Å². The average Bonchev–Trinajstić information content (AvgIpc) is 2.90. The molecule has 1 aromatic rings. The molecule has 1 aromatic carbocycles. The van der Waals surface area contributed by atoms with Gasteiger partial charge in [0.25, 0.3) is 0 Å². The molecule has 116 valence electrons. The van der Waals surface area contributed by atoms with Gasteiger partial charge in [-0.3, -0.25) is 4.79 Å². The van der Waals surface area contributed by atoms with Crippen LogP contribution in [0.5, 0.6) is 0 Å². The summed E-state index contributed by atoms with van der Waals surface area (Å²) in [6.07, 6.45) is 4.11. The first-order valence-corrected chi connectivity index (χ1v) is 7.93. The molecule has 1 heterocycles. The molecular formula is C17H26N2O2. The summed E-state index contributed by atoms with van der Waals surface area (Å²) < 4.78 is 5.75. The molecule has 1 fully saturated rings. The van der Waals surface area contributed by atoms with Crippen molar-refractivity contribution in [1.82, 2.24) is 5.32 Å². The highest BCUT2D eigenvalue weighted by Gasteiger charge is 2.22. The molecule has 0 aliphatic carbocycles. The van der Waals surface area contributed by atoms with Gasteiger partial charge in [-0.05, 0) is 44.4 Å². The Morgan fingerprint density at radius 3 is 2.86 bits per heavy atom. The standard InChI is InChI=1S/C17H26N2O2/c1-3-18-12-14-6-4-5-7-16(14)19-17(20)11-10-15-9-8-13(2)21-15/h4-7,13,15,18H,3,8-12H2,1-2H3,(H,19,20). The fraction of sp³-hybridized carbons (Fsp3) is 0.588. The van der Waals surface area contributed by atoms with Crippen molar-refractivity contribution in [2.75, 3.05) is 11.9 Å². The molecule has 4 heteroatoms. The molecule has 21 heavy (non-hydrogen) atoms. The second-order valence-electron chi connectivity index (χ2n) is 5.67. The van der Waals surface area contributed by atoms with Gasteiger partial charge in [0.1, 0.15) is 0 Å². The SMILES string of the molecule is CCNCc1ccccc1NC(=O)CCC1CCC(C)O1. The molecular weight excluding hydrogens is 264 g/mol. The number of carbonyl (C=O) groups is 1. The third kappa shape index (κ3) is 5.14. The molecule has 4 nitrogen and oxygen atoms in total. The fourth-order valence-electron chi connectivity index (χ4n) is 2.66. The smallest absolute Gasteiger partial charge is 0.224 e. The third-order valence-electron chi connectivity index (χ3n) is 3.87.